The van der Waals surface area contributed by atoms with Crippen molar-refractivity contribution in [2.45, 2.75) is 13.5 Å². The summed E-state index contributed by atoms with van der Waals surface area (Å²) in [6, 6.07) is 13.0. The largest absolute Gasteiger partial charge is 0.495 e. The molecule has 0 atom stereocenters. The van der Waals surface area contributed by atoms with Gasteiger partial charge in [0, 0.05) is 12.6 Å². The minimum atomic E-state index is -0.0953. The van der Waals surface area contributed by atoms with Gasteiger partial charge in [0.1, 0.15) is 23.1 Å². The molecule has 1 aromatic heterocycles. The fraction of sp³-hybridized carbons (Fsp3) is 0.176. The average molecular weight is 328 g/mol. The zero-order valence-corrected chi connectivity index (χ0v) is 13.6. The Morgan fingerprint density at radius 3 is 2.70 bits per heavy atom. The van der Waals surface area contributed by atoms with E-state index in [1.165, 1.54) is 6.92 Å². The molecule has 0 aliphatic rings. The Bertz CT molecular complexity index is 827. The van der Waals surface area contributed by atoms with Gasteiger partial charge in [0.15, 0.2) is 0 Å². The highest BCUT2D eigenvalue weighted by Crippen LogP contribution is 2.31. The number of amides is 1. The summed E-state index contributed by atoms with van der Waals surface area (Å²) in [5, 5.41) is 3.60. The van der Waals surface area contributed by atoms with Gasteiger partial charge in [-0.05, 0) is 36.4 Å². The van der Waals surface area contributed by atoms with E-state index in [2.05, 4.69) is 10.3 Å². The molecule has 0 unspecified atom stereocenters. The summed E-state index contributed by atoms with van der Waals surface area (Å²) in [5.41, 5.74) is 1.66. The molecule has 3 rings (SSSR count). The van der Waals surface area contributed by atoms with Crippen LogP contribution in [0.1, 0.15) is 11.9 Å². The van der Waals surface area contributed by atoms with Crippen molar-refractivity contribution in [1.82, 2.24) is 4.98 Å². The molecule has 0 radical (unpaired) electrons. The van der Waals surface area contributed by atoms with Crippen LogP contribution in [0.15, 0.2) is 42.5 Å². The number of thiazole rings is 1. The quantitative estimate of drug-likeness (QED) is 0.773. The summed E-state index contributed by atoms with van der Waals surface area (Å²) in [4.78, 5) is 15.5. The van der Waals surface area contributed by atoms with E-state index < -0.39 is 0 Å². The molecule has 0 spiro atoms. The molecule has 1 heterocycles. The van der Waals surface area contributed by atoms with Gasteiger partial charge >= 0.3 is 0 Å². The Balaban J connectivity index is 1.69. The van der Waals surface area contributed by atoms with Gasteiger partial charge in [0.2, 0.25) is 5.91 Å². The molecule has 0 aliphatic heterocycles. The van der Waals surface area contributed by atoms with Crippen LogP contribution in [0, 0.1) is 0 Å². The van der Waals surface area contributed by atoms with E-state index in [9.17, 15) is 4.79 Å². The Hall–Kier alpha value is -2.60. The highest BCUT2D eigenvalue weighted by Gasteiger charge is 2.09. The van der Waals surface area contributed by atoms with Gasteiger partial charge < -0.3 is 14.8 Å². The number of methoxy groups -OCH3 is 1. The third kappa shape index (κ3) is 3.60. The summed E-state index contributed by atoms with van der Waals surface area (Å²) in [6.07, 6.45) is 0. The summed E-state index contributed by atoms with van der Waals surface area (Å²) in [6.45, 7) is 1.87. The molecule has 0 bridgehead atoms. The SMILES string of the molecule is COc1cccc2nc(COc3ccc(NC(C)=O)cc3)sc12. The number of carbonyl (C=O) groups is 1. The fourth-order valence-corrected chi connectivity index (χ4v) is 3.14. The molecule has 5 nitrogen and oxygen atoms in total. The van der Waals surface area contributed by atoms with Crippen molar-refractivity contribution in [2.75, 3.05) is 12.4 Å². The molecule has 0 saturated heterocycles. The molecule has 0 aliphatic carbocycles. The number of benzene rings is 2. The van der Waals surface area contributed by atoms with E-state index in [1.54, 1.807) is 30.6 Å². The first-order valence-corrected chi connectivity index (χ1v) is 7.90. The Morgan fingerprint density at radius 2 is 2.00 bits per heavy atom. The van der Waals surface area contributed by atoms with Gasteiger partial charge in [0.05, 0.1) is 17.3 Å². The molecule has 6 heteroatoms. The number of nitrogens with one attached hydrogen (secondary N) is 1. The number of ether oxygens (including phenoxy) is 2. The van der Waals surface area contributed by atoms with Crippen LogP contribution in [0.3, 0.4) is 0 Å². The minimum absolute atomic E-state index is 0.0953. The monoisotopic (exact) mass is 328 g/mol. The Kier molecular flexibility index (Phi) is 4.43. The van der Waals surface area contributed by atoms with Crippen LogP contribution in [0.4, 0.5) is 5.69 Å². The van der Waals surface area contributed by atoms with E-state index >= 15 is 0 Å². The third-order valence-electron chi connectivity index (χ3n) is 3.18. The molecule has 1 amide bonds. The van der Waals surface area contributed by atoms with Crippen LogP contribution in [-0.2, 0) is 11.4 Å². The van der Waals surface area contributed by atoms with Crippen molar-refractivity contribution in [2.24, 2.45) is 0 Å². The Labute approximate surface area is 137 Å². The maximum Gasteiger partial charge on any atom is 0.221 e. The highest BCUT2D eigenvalue weighted by molar-refractivity contribution is 7.19. The number of anilines is 1. The molecule has 2 aromatic carbocycles. The van der Waals surface area contributed by atoms with Gasteiger partial charge in [-0.25, -0.2) is 4.98 Å². The molecular formula is C17H16N2O3S. The second-order valence-electron chi connectivity index (χ2n) is 4.91. The lowest BCUT2D eigenvalue weighted by atomic mass is 10.3. The molecular weight excluding hydrogens is 312 g/mol. The highest BCUT2D eigenvalue weighted by atomic mass is 32.1. The van der Waals surface area contributed by atoms with Crippen molar-refractivity contribution in [3.8, 4) is 11.5 Å². The molecule has 23 heavy (non-hydrogen) atoms. The second-order valence-corrected chi connectivity index (χ2v) is 5.99. The normalized spacial score (nSPS) is 10.5. The average Bonchev–Trinajstić information content (AvgIpc) is 2.96. The predicted molar refractivity (Wildman–Crippen MR) is 91.2 cm³/mol. The van der Waals surface area contributed by atoms with Crippen molar-refractivity contribution in [1.29, 1.82) is 0 Å². The third-order valence-corrected chi connectivity index (χ3v) is 4.24. The number of hydrogen-bond donors (Lipinski definition) is 1. The van der Waals surface area contributed by atoms with Crippen molar-refractivity contribution in [3.05, 3.63) is 47.5 Å². The molecule has 3 aromatic rings. The lowest BCUT2D eigenvalue weighted by Crippen LogP contribution is -2.05. The van der Waals surface area contributed by atoms with Gasteiger partial charge in [-0.15, -0.1) is 11.3 Å². The van der Waals surface area contributed by atoms with Gasteiger partial charge in [0.25, 0.3) is 0 Å². The number of fused-ring (bicyclic) bond motifs is 1. The topological polar surface area (TPSA) is 60.5 Å². The van der Waals surface area contributed by atoms with Gasteiger partial charge in [-0.1, -0.05) is 6.07 Å². The lowest BCUT2D eigenvalue weighted by Gasteiger charge is -2.06. The fourth-order valence-electron chi connectivity index (χ4n) is 2.18. The van der Waals surface area contributed by atoms with E-state index in [0.717, 1.165) is 32.4 Å². The van der Waals surface area contributed by atoms with Crippen LogP contribution in [0.2, 0.25) is 0 Å². The number of carbonyl (C=O) groups excluding carboxylic acids is 1. The molecule has 118 valence electrons. The van der Waals surface area contributed by atoms with Crippen molar-refractivity contribution >= 4 is 33.1 Å². The molecule has 0 saturated carbocycles. The standard InChI is InChI=1S/C17H16N2O3S/c1-11(20)18-12-6-8-13(9-7-12)22-10-16-19-14-4-3-5-15(21-2)17(14)23-16/h3-9H,10H2,1-2H3,(H,18,20). The van der Waals surface area contributed by atoms with Crippen LogP contribution < -0.4 is 14.8 Å². The zero-order chi connectivity index (χ0) is 16.2. The summed E-state index contributed by atoms with van der Waals surface area (Å²) in [5.74, 6) is 1.46. The predicted octanol–water partition coefficient (Wildman–Crippen LogP) is 3.84. The van der Waals surface area contributed by atoms with E-state index in [4.69, 9.17) is 9.47 Å². The van der Waals surface area contributed by atoms with E-state index in [0.29, 0.717) is 6.61 Å². The smallest absolute Gasteiger partial charge is 0.221 e. The maximum atomic E-state index is 11.0. The number of aromatic nitrogens is 1. The van der Waals surface area contributed by atoms with Gasteiger partial charge in [-0.2, -0.15) is 0 Å². The van der Waals surface area contributed by atoms with Crippen LogP contribution >= 0.6 is 11.3 Å². The number of hydrogen-bond acceptors (Lipinski definition) is 5. The molecule has 1 N–H and O–H groups in total. The first-order valence-electron chi connectivity index (χ1n) is 7.08. The van der Waals surface area contributed by atoms with Crippen LogP contribution in [-0.4, -0.2) is 18.0 Å². The summed E-state index contributed by atoms with van der Waals surface area (Å²) in [7, 11) is 1.65. The first kappa shape index (κ1) is 15.3. The lowest BCUT2D eigenvalue weighted by molar-refractivity contribution is -0.114. The minimum Gasteiger partial charge on any atom is -0.495 e. The Morgan fingerprint density at radius 1 is 1.22 bits per heavy atom. The first-order chi connectivity index (χ1) is 11.2. The zero-order valence-electron chi connectivity index (χ0n) is 12.8. The van der Waals surface area contributed by atoms with E-state index in [-0.39, 0.29) is 5.91 Å². The van der Waals surface area contributed by atoms with Crippen molar-refractivity contribution < 1.29 is 14.3 Å². The number of rotatable bonds is 5. The molecule has 0 fully saturated rings. The van der Waals surface area contributed by atoms with Gasteiger partial charge in [-0.3, -0.25) is 4.79 Å². The summed E-state index contributed by atoms with van der Waals surface area (Å²) >= 11 is 1.56. The van der Waals surface area contributed by atoms with Crippen LogP contribution in [0.5, 0.6) is 11.5 Å². The number of nitrogens with zero attached hydrogens (tertiary/aromatic N) is 1. The summed E-state index contributed by atoms with van der Waals surface area (Å²) < 4.78 is 12.1. The van der Waals surface area contributed by atoms with Crippen LogP contribution in [0.25, 0.3) is 10.2 Å². The maximum absolute atomic E-state index is 11.0. The van der Waals surface area contributed by atoms with Crippen molar-refractivity contribution in [3.63, 3.8) is 0 Å². The second kappa shape index (κ2) is 6.66. The van der Waals surface area contributed by atoms with E-state index in [1.807, 2.05) is 30.3 Å².